The molecule has 0 radical (unpaired) electrons. The maximum atomic E-state index is 5.83. The molecule has 0 saturated carbocycles. The number of hydrogen-bond donors (Lipinski definition) is 2. The Hall–Kier alpha value is -1.89. The first kappa shape index (κ1) is 13.5. The summed E-state index contributed by atoms with van der Waals surface area (Å²) in [5.41, 5.74) is 1.14. The molecule has 0 aliphatic rings. The largest absolute Gasteiger partial charge is 0.354 e. The van der Waals surface area contributed by atoms with Gasteiger partial charge in [-0.05, 0) is 24.6 Å². The van der Waals surface area contributed by atoms with Gasteiger partial charge >= 0.3 is 0 Å². The van der Waals surface area contributed by atoms with Gasteiger partial charge in [0, 0.05) is 38.4 Å². The van der Waals surface area contributed by atoms with Crippen molar-refractivity contribution in [2.75, 3.05) is 23.7 Å². The average molecular weight is 282 g/mol. The summed E-state index contributed by atoms with van der Waals surface area (Å²) in [7, 11) is 1.92. The maximum absolute atomic E-state index is 5.83. The van der Waals surface area contributed by atoms with E-state index in [1.54, 1.807) is 6.20 Å². The number of halogens is 1. The van der Waals surface area contributed by atoms with Crippen LogP contribution in [0.3, 0.4) is 0 Å². The van der Waals surface area contributed by atoms with Gasteiger partial charge in [-0.2, -0.15) is 20.1 Å². The Labute approximate surface area is 116 Å². The summed E-state index contributed by atoms with van der Waals surface area (Å²) in [5.74, 6) is 0.948. The number of nitrogens with one attached hydrogen (secondary N) is 2. The molecule has 8 heteroatoms. The first-order valence-corrected chi connectivity index (χ1v) is 6.43. The molecule has 2 N–H and O–H groups in total. The van der Waals surface area contributed by atoms with E-state index in [9.17, 15) is 0 Å². The fraction of sp³-hybridized carbons (Fsp3) is 0.455. The number of nitrogens with zero attached hydrogens (tertiary/aromatic N) is 5. The third kappa shape index (κ3) is 3.78. The SMILES string of the molecule is CCNc1nc(Cl)nc(NCCc2ccnn2C)n1. The van der Waals surface area contributed by atoms with Gasteiger partial charge < -0.3 is 10.6 Å². The molecule has 0 fully saturated rings. The second-order valence-electron chi connectivity index (χ2n) is 3.90. The Morgan fingerprint density at radius 2 is 1.95 bits per heavy atom. The lowest BCUT2D eigenvalue weighted by Gasteiger charge is -2.07. The van der Waals surface area contributed by atoms with Crippen molar-refractivity contribution >= 4 is 23.5 Å². The lowest BCUT2D eigenvalue weighted by atomic mass is 10.3. The quantitative estimate of drug-likeness (QED) is 0.832. The van der Waals surface area contributed by atoms with E-state index in [0.29, 0.717) is 18.4 Å². The van der Waals surface area contributed by atoms with Crippen LogP contribution in [0.2, 0.25) is 5.28 Å². The molecule has 0 aliphatic heterocycles. The minimum atomic E-state index is 0.175. The van der Waals surface area contributed by atoms with Crippen molar-refractivity contribution in [3.63, 3.8) is 0 Å². The number of aromatic nitrogens is 5. The first-order valence-electron chi connectivity index (χ1n) is 6.05. The fourth-order valence-electron chi connectivity index (χ4n) is 1.62. The topological polar surface area (TPSA) is 80.5 Å². The van der Waals surface area contributed by atoms with Crippen LogP contribution >= 0.6 is 11.6 Å². The predicted molar refractivity (Wildman–Crippen MR) is 74.4 cm³/mol. The van der Waals surface area contributed by atoms with Crippen molar-refractivity contribution in [1.82, 2.24) is 24.7 Å². The molecule has 7 nitrogen and oxygen atoms in total. The summed E-state index contributed by atoms with van der Waals surface area (Å²) in [5, 5.41) is 10.4. The summed E-state index contributed by atoms with van der Waals surface area (Å²) in [4.78, 5) is 12.2. The molecular formula is C11H16ClN7. The van der Waals surface area contributed by atoms with E-state index in [-0.39, 0.29) is 5.28 Å². The molecular weight excluding hydrogens is 266 g/mol. The van der Waals surface area contributed by atoms with Gasteiger partial charge in [0.2, 0.25) is 17.2 Å². The molecule has 0 amide bonds. The lowest BCUT2D eigenvalue weighted by molar-refractivity contribution is 0.710. The zero-order valence-corrected chi connectivity index (χ0v) is 11.6. The van der Waals surface area contributed by atoms with E-state index < -0.39 is 0 Å². The predicted octanol–water partition coefficient (Wildman–Crippen LogP) is 1.34. The number of rotatable bonds is 6. The molecule has 2 heterocycles. The molecule has 2 rings (SSSR count). The summed E-state index contributed by atoms with van der Waals surface area (Å²) in [6.45, 7) is 3.40. The van der Waals surface area contributed by atoms with Gasteiger partial charge in [-0.1, -0.05) is 0 Å². The molecule has 0 atom stereocenters. The van der Waals surface area contributed by atoms with Crippen LogP contribution in [0.4, 0.5) is 11.9 Å². The Morgan fingerprint density at radius 3 is 2.58 bits per heavy atom. The Morgan fingerprint density at radius 1 is 1.21 bits per heavy atom. The van der Waals surface area contributed by atoms with E-state index in [0.717, 1.165) is 18.7 Å². The average Bonchev–Trinajstić information content (AvgIpc) is 2.75. The fourth-order valence-corrected chi connectivity index (χ4v) is 1.78. The van der Waals surface area contributed by atoms with Gasteiger partial charge in [0.25, 0.3) is 0 Å². The molecule has 0 spiro atoms. The molecule has 0 unspecified atom stereocenters. The van der Waals surface area contributed by atoms with Gasteiger partial charge in [0.1, 0.15) is 0 Å². The van der Waals surface area contributed by atoms with E-state index in [1.807, 2.05) is 24.7 Å². The third-order valence-electron chi connectivity index (χ3n) is 2.53. The van der Waals surface area contributed by atoms with Gasteiger partial charge in [-0.15, -0.1) is 0 Å². The Balaban J connectivity index is 1.94. The van der Waals surface area contributed by atoms with E-state index in [1.165, 1.54) is 0 Å². The zero-order chi connectivity index (χ0) is 13.7. The molecule has 19 heavy (non-hydrogen) atoms. The maximum Gasteiger partial charge on any atom is 0.228 e. The molecule has 102 valence electrons. The van der Waals surface area contributed by atoms with Crippen LogP contribution in [0, 0.1) is 0 Å². The summed E-state index contributed by atoms with van der Waals surface area (Å²) < 4.78 is 1.84. The molecule has 0 saturated heterocycles. The number of anilines is 2. The molecule has 0 bridgehead atoms. The van der Waals surface area contributed by atoms with Crippen molar-refractivity contribution in [3.05, 3.63) is 23.2 Å². The number of hydrogen-bond acceptors (Lipinski definition) is 6. The smallest absolute Gasteiger partial charge is 0.228 e. The van der Waals surface area contributed by atoms with Crippen molar-refractivity contribution in [1.29, 1.82) is 0 Å². The monoisotopic (exact) mass is 281 g/mol. The lowest BCUT2D eigenvalue weighted by Crippen LogP contribution is -2.12. The van der Waals surface area contributed by atoms with Crippen LogP contribution in [-0.2, 0) is 13.5 Å². The molecule has 2 aromatic rings. The van der Waals surface area contributed by atoms with E-state index in [2.05, 4.69) is 30.7 Å². The minimum Gasteiger partial charge on any atom is -0.354 e. The van der Waals surface area contributed by atoms with Crippen molar-refractivity contribution in [2.45, 2.75) is 13.3 Å². The summed E-state index contributed by atoms with van der Waals surface area (Å²) >= 11 is 5.83. The highest BCUT2D eigenvalue weighted by Crippen LogP contribution is 2.09. The molecule has 0 aliphatic carbocycles. The number of aryl methyl sites for hydroxylation is 1. The molecule has 2 aromatic heterocycles. The standard InChI is InChI=1S/C11H16ClN7/c1-3-13-10-16-9(12)17-11(18-10)14-6-4-8-5-7-15-19(8)2/h5,7H,3-4,6H2,1-2H3,(H2,13,14,16,17,18). The summed E-state index contributed by atoms with van der Waals surface area (Å²) in [6, 6.07) is 1.98. The Bertz CT molecular complexity index is 540. The highest BCUT2D eigenvalue weighted by atomic mass is 35.5. The van der Waals surface area contributed by atoms with Gasteiger partial charge in [0.05, 0.1) is 0 Å². The zero-order valence-electron chi connectivity index (χ0n) is 10.9. The van der Waals surface area contributed by atoms with E-state index in [4.69, 9.17) is 11.6 Å². The highest BCUT2D eigenvalue weighted by Gasteiger charge is 2.04. The second kappa shape index (κ2) is 6.33. The summed E-state index contributed by atoms with van der Waals surface area (Å²) in [6.07, 6.45) is 2.61. The van der Waals surface area contributed by atoms with Crippen molar-refractivity contribution in [3.8, 4) is 0 Å². The van der Waals surface area contributed by atoms with Crippen LogP contribution in [0.25, 0.3) is 0 Å². The third-order valence-corrected chi connectivity index (χ3v) is 2.70. The van der Waals surface area contributed by atoms with E-state index >= 15 is 0 Å². The molecule has 0 aromatic carbocycles. The van der Waals surface area contributed by atoms with Crippen molar-refractivity contribution in [2.24, 2.45) is 7.05 Å². The van der Waals surface area contributed by atoms with Gasteiger partial charge in [-0.3, -0.25) is 4.68 Å². The van der Waals surface area contributed by atoms with Gasteiger partial charge in [0.15, 0.2) is 0 Å². The van der Waals surface area contributed by atoms with Crippen LogP contribution < -0.4 is 10.6 Å². The van der Waals surface area contributed by atoms with Crippen LogP contribution in [-0.4, -0.2) is 37.8 Å². The van der Waals surface area contributed by atoms with Crippen LogP contribution in [0.5, 0.6) is 0 Å². The second-order valence-corrected chi connectivity index (χ2v) is 4.24. The van der Waals surface area contributed by atoms with Gasteiger partial charge in [-0.25, -0.2) is 0 Å². The Kier molecular flexibility index (Phi) is 4.51. The van der Waals surface area contributed by atoms with Crippen molar-refractivity contribution < 1.29 is 0 Å². The highest BCUT2D eigenvalue weighted by molar-refractivity contribution is 6.28. The van der Waals surface area contributed by atoms with Crippen LogP contribution in [0.1, 0.15) is 12.6 Å². The first-order chi connectivity index (χ1) is 9.19. The normalized spacial score (nSPS) is 10.5. The van der Waals surface area contributed by atoms with Crippen LogP contribution in [0.15, 0.2) is 12.3 Å². The minimum absolute atomic E-state index is 0.175.